The van der Waals surface area contributed by atoms with E-state index in [1.54, 1.807) is 4.90 Å². The van der Waals surface area contributed by atoms with Crippen LogP contribution < -0.4 is 0 Å². The lowest BCUT2D eigenvalue weighted by Gasteiger charge is -2.34. The molecule has 0 atom stereocenters. The van der Waals surface area contributed by atoms with Gasteiger partial charge in [0.05, 0.1) is 5.56 Å². The highest BCUT2D eigenvalue weighted by molar-refractivity contribution is 6.34. The molecule has 0 aromatic carbocycles. The Bertz CT molecular complexity index is 487. The molecule has 0 N–H and O–H groups in total. The SMILES string of the molecule is CCC1CCC(N(C)C(=O)c2cc(Cl)nnc2Cl)CC1. The smallest absolute Gasteiger partial charge is 0.257 e. The van der Waals surface area contributed by atoms with Gasteiger partial charge in [0.2, 0.25) is 0 Å². The van der Waals surface area contributed by atoms with E-state index in [-0.39, 0.29) is 22.3 Å². The monoisotopic (exact) mass is 315 g/mol. The molecule has 4 nitrogen and oxygen atoms in total. The second-order valence-electron chi connectivity index (χ2n) is 5.37. The molecule has 1 aliphatic carbocycles. The number of aromatic nitrogens is 2. The average Bonchev–Trinajstić information content (AvgIpc) is 2.48. The predicted molar refractivity (Wildman–Crippen MR) is 80.2 cm³/mol. The largest absolute Gasteiger partial charge is 0.339 e. The Balaban J connectivity index is 2.07. The van der Waals surface area contributed by atoms with E-state index in [0.29, 0.717) is 5.56 Å². The fourth-order valence-corrected chi connectivity index (χ4v) is 3.12. The van der Waals surface area contributed by atoms with Crippen LogP contribution in [0.5, 0.6) is 0 Å². The molecule has 20 heavy (non-hydrogen) atoms. The second-order valence-corrected chi connectivity index (χ2v) is 6.12. The second kappa shape index (κ2) is 6.72. The number of carbonyl (C=O) groups excluding carboxylic acids is 1. The maximum absolute atomic E-state index is 12.5. The lowest BCUT2D eigenvalue weighted by Crippen LogP contribution is -2.39. The van der Waals surface area contributed by atoms with Gasteiger partial charge in [0.1, 0.15) is 0 Å². The van der Waals surface area contributed by atoms with Crippen LogP contribution in [0, 0.1) is 5.92 Å². The summed E-state index contributed by atoms with van der Waals surface area (Å²) in [4.78, 5) is 14.3. The maximum Gasteiger partial charge on any atom is 0.257 e. The molecular weight excluding hydrogens is 297 g/mol. The highest BCUT2D eigenvalue weighted by Gasteiger charge is 2.27. The molecule has 0 saturated heterocycles. The number of carbonyl (C=O) groups is 1. The van der Waals surface area contributed by atoms with Crippen molar-refractivity contribution < 1.29 is 4.79 Å². The standard InChI is InChI=1S/C14H19Cl2N3O/c1-3-9-4-6-10(7-5-9)19(2)14(20)11-8-12(15)17-18-13(11)16/h8-10H,3-7H2,1-2H3. The Hall–Kier alpha value is -0.870. The van der Waals surface area contributed by atoms with Gasteiger partial charge >= 0.3 is 0 Å². The summed E-state index contributed by atoms with van der Waals surface area (Å²) in [5, 5.41) is 7.60. The van der Waals surface area contributed by atoms with Gasteiger partial charge in [0.25, 0.3) is 5.91 Å². The topological polar surface area (TPSA) is 46.1 Å². The molecule has 0 aliphatic heterocycles. The lowest BCUT2D eigenvalue weighted by molar-refractivity contribution is 0.0674. The van der Waals surface area contributed by atoms with Crippen molar-refractivity contribution in [1.29, 1.82) is 0 Å². The zero-order valence-electron chi connectivity index (χ0n) is 11.8. The van der Waals surface area contributed by atoms with E-state index in [4.69, 9.17) is 23.2 Å². The van der Waals surface area contributed by atoms with Crippen LogP contribution in [0.2, 0.25) is 10.3 Å². The average molecular weight is 316 g/mol. The Morgan fingerprint density at radius 2 is 1.95 bits per heavy atom. The van der Waals surface area contributed by atoms with Crippen LogP contribution in [-0.4, -0.2) is 34.1 Å². The van der Waals surface area contributed by atoms with E-state index >= 15 is 0 Å². The van der Waals surface area contributed by atoms with Crippen molar-refractivity contribution in [3.05, 3.63) is 21.9 Å². The Labute approximate surface area is 129 Å². The van der Waals surface area contributed by atoms with Crippen molar-refractivity contribution in [2.45, 2.75) is 45.1 Å². The first-order valence-electron chi connectivity index (χ1n) is 6.98. The molecule has 1 heterocycles. The van der Waals surface area contributed by atoms with Crippen LogP contribution in [0.3, 0.4) is 0 Å². The van der Waals surface area contributed by atoms with Crippen LogP contribution in [-0.2, 0) is 0 Å². The van der Waals surface area contributed by atoms with E-state index < -0.39 is 0 Å². The molecule has 1 aromatic rings. The molecule has 2 rings (SSSR count). The highest BCUT2D eigenvalue weighted by atomic mass is 35.5. The number of halogens is 2. The zero-order chi connectivity index (χ0) is 14.7. The van der Waals surface area contributed by atoms with Gasteiger partial charge in [-0.25, -0.2) is 0 Å². The van der Waals surface area contributed by atoms with E-state index in [0.717, 1.165) is 18.8 Å². The van der Waals surface area contributed by atoms with Gasteiger partial charge in [0.15, 0.2) is 10.3 Å². The van der Waals surface area contributed by atoms with Crippen LogP contribution in [0.4, 0.5) is 0 Å². The van der Waals surface area contributed by atoms with E-state index in [1.807, 2.05) is 7.05 Å². The molecular formula is C14H19Cl2N3O. The summed E-state index contributed by atoms with van der Waals surface area (Å²) < 4.78 is 0. The lowest BCUT2D eigenvalue weighted by atomic mass is 9.84. The molecule has 1 saturated carbocycles. The maximum atomic E-state index is 12.5. The molecule has 0 bridgehead atoms. The molecule has 0 unspecified atom stereocenters. The fourth-order valence-electron chi connectivity index (χ4n) is 2.80. The first kappa shape index (κ1) is 15.5. The van der Waals surface area contributed by atoms with Gasteiger partial charge in [-0.3, -0.25) is 4.79 Å². The first-order valence-corrected chi connectivity index (χ1v) is 7.74. The van der Waals surface area contributed by atoms with Crippen LogP contribution in [0.15, 0.2) is 6.07 Å². The van der Waals surface area contributed by atoms with Crippen molar-refractivity contribution >= 4 is 29.1 Å². The highest BCUT2D eigenvalue weighted by Crippen LogP contribution is 2.30. The minimum Gasteiger partial charge on any atom is -0.339 e. The number of amides is 1. The van der Waals surface area contributed by atoms with E-state index in [2.05, 4.69) is 17.1 Å². The first-order chi connectivity index (χ1) is 9.52. The summed E-state index contributed by atoms with van der Waals surface area (Å²) in [6, 6.07) is 1.75. The zero-order valence-corrected chi connectivity index (χ0v) is 13.3. The minimum atomic E-state index is -0.133. The Kier molecular flexibility index (Phi) is 5.22. The summed E-state index contributed by atoms with van der Waals surface area (Å²) in [6.07, 6.45) is 5.68. The Morgan fingerprint density at radius 3 is 2.55 bits per heavy atom. The van der Waals surface area contributed by atoms with E-state index in [9.17, 15) is 4.79 Å². The molecule has 0 radical (unpaired) electrons. The summed E-state index contributed by atoms with van der Waals surface area (Å²) >= 11 is 11.7. The fraction of sp³-hybridized carbons (Fsp3) is 0.643. The van der Waals surface area contributed by atoms with Crippen molar-refractivity contribution in [3.63, 3.8) is 0 Å². The predicted octanol–water partition coefficient (Wildman–Crippen LogP) is 3.82. The molecule has 1 aromatic heterocycles. The number of hydrogen-bond acceptors (Lipinski definition) is 3. The molecule has 110 valence electrons. The van der Waals surface area contributed by atoms with Crippen molar-refractivity contribution in [2.75, 3.05) is 7.05 Å². The van der Waals surface area contributed by atoms with Crippen LogP contribution >= 0.6 is 23.2 Å². The van der Waals surface area contributed by atoms with Crippen molar-refractivity contribution in [1.82, 2.24) is 15.1 Å². The summed E-state index contributed by atoms with van der Waals surface area (Å²) in [7, 11) is 1.82. The summed E-state index contributed by atoms with van der Waals surface area (Å²) in [5.41, 5.74) is 0.326. The molecule has 1 aliphatic rings. The summed E-state index contributed by atoms with van der Waals surface area (Å²) in [5.74, 6) is 0.669. The van der Waals surface area contributed by atoms with Crippen LogP contribution in [0.25, 0.3) is 0 Å². The number of hydrogen-bond donors (Lipinski definition) is 0. The minimum absolute atomic E-state index is 0.105. The van der Waals surface area contributed by atoms with E-state index in [1.165, 1.54) is 25.3 Å². The molecule has 0 spiro atoms. The van der Waals surface area contributed by atoms with Gasteiger partial charge in [-0.15, -0.1) is 10.2 Å². The third-order valence-electron chi connectivity index (χ3n) is 4.21. The molecule has 1 fully saturated rings. The van der Waals surface area contributed by atoms with Gasteiger partial charge in [-0.2, -0.15) is 0 Å². The third kappa shape index (κ3) is 3.41. The van der Waals surface area contributed by atoms with Crippen molar-refractivity contribution in [3.8, 4) is 0 Å². The van der Waals surface area contributed by atoms with Gasteiger partial charge in [0, 0.05) is 13.1 Å². The quantitative estimate of drug-likeness (QED) is 0.851. The van der Waals surface area contributed by atoms with Gasteiger partial charge in [-0.1, -0.05) is 36.5 Å². The van der Waals surface area contributed by atoms with Gasteiger partial charge < -0.3 is 4.90 Å². The summed E-state index contributed by atoms with van der Waals surface area (Å²) in [6.45, 7) is 2.23. The van der Waals surface area contributed by atoms with Gasteiger partial charge in [-0.05, 0) is 37.7 Å². The normalized spacial score (nSPS) is 22.6. The third-order valence-corrected chi connectivity index (χ3v) is 4.68. The number of rotatable bonds is 3. The number of nitrogens with zero attached hydrogens (tertiary/aromatic N) is 3. The molecule has 6 heteroatoms. The van der Waals surface area contributed by atoms with Crippen LogP contribution in [0.1, 0.15) is 49.4 Å². The molecule has 1 amide bonds. The Morgan fingerprint density at radius 1 is 1.30 bits per heavy atom. The van der Waals surface area contributed by atoms with Crippen molar-refractivity contribution in [2.24, 2.45) is 5.92 Å².